The summed E-state index contributed by atoms with van der Waals surface area (Å²) in [5.41, 5.74) is 8.59. The number of likely N-dealkylation sites (tertiary alicyclic amines) is 2. The van der Waals surface area contributed by atoms with E-state index in [9.17, 15) is 18.4 Å². The van der Waals surface area contributed by atoms with Gasteiger partial charge in [0.05, 0.1) is 30.4 Å². The summed E-state index contributed by atoms with van der Waals surface area (Å²) in [6.07, 6.45) is 2.12. The number of carbonyl (C=O) groups is 2. The van der Waals surface area contributed by atoms with Gasteiger partial charge in [-0.05, 0) is 29.8 Å². The van der Waals surface area contributed by atoms with E-state index in [1.807, 2.05) is 4.90 Å². The molecule has 236 valence electrons. The first-order chi connectivity index (χ1) is 21.5. The first-order valence-corrected chi connectivity index (χ1v) is 14.5. The monoisotopic (exact) mass is 643 g/mol. The number of nitrogens with one attached hydrogen (secondary N) is 1. The van der Waals surface area contributed by atoms with Gasteiger partial charge >= 0.3 is 0 Å². The van der Waals surface area contributed by atoms with E-state index in [2.05, 4.69) is 25.4 Å². The third-order valence-corrected chi connectivity index (χ3v) is 8.25. The second-order valence-corrected chi connectivity index (χ2v) is 11.5. The molecule has 0 radical (unpaired) electrons. The lowest BCUT2D eigenvalue weighted by atomic mass is 10.1. The highest BCUT2D eigenvalue weighted by molar-refractivity contribution is 6.30. The van der Waals surface area contributed by atoms with Crippen LogP contribution in [0, 0.1) is 0 Å². The quantitative estimate of drug-likeness (QED) is 0.310. The van der Waals surface area contributed by atoms with E-state index < -0.39 is 30.0 Å². The predicted octanol–water partition coefficient (Wildman–Crippen LogP) is 3.25. The highest BCUT2D eigenvalue weighted by Gasteiger charge is 2.38. The van der Waals surface area contributed by atoms with Crippen LogP contribution in [0.1, 0.15) is 39.3 Å². The van der Waals surface area contributed by atoms with E-state index in [1.165, 1.54) is 48.9 Å². The van der Waals surface area contributed by atoms with Crippen LogP contribution >= 0.6 is 11.6 Å². The number of ether oxygens (including phenoxy) is 1. The van der Waals surface area contributed by atoms with E-state index in [0.29, 0.717) is 28.3 Å². The van der Waals surface area contributed by atoms with Crippen molar-refractivity contribution in [3.05, 3.63) is 64.8 Å². The van der Waals surface area contributed by atoms with Crippen molar-refractivity contribution < 1.29 is 27.5 Å². The van der Waals surface area contributed by atoms with Crippen molar-refractivity contribution in [1.29, 1.82) is 0 Å². The zero-order chi connectivity index (χ0) is 31.9. The molecule has 3 N–H and O–H groups in total. The number of nitrogen functional groups attached to an aromatic ring is 1. The fraction of sp³-hybridized carbons (Fsp3) is 0.379. The summed E-state index contributed by atoms with van der Waals surface area (Å²) in [4.78, 5) is 41.9. The topological polar surface area (TPSA) is 144 Å². The number of pyridine rings is 2. The zero-order valence-corrected chi connectivity index (χ0v) is 24.8. The molecule has 2 amide bonds. The first kappa shape index (κ1) is 30.5. The summed E-state index contributed by atoms with van der Waals surface area (Å²) >= 11 is 5.85. The summed E-state index contributed by atoms with van der Waals surface area (Å²) in [6.45, 7) is 0.485. The molecule has 0 aliphatic carbocycles. The second kappa shape index (κ2) is 12.1. The number of alkyl halides is 3. The van der Waals surface area contributed by atoms with E-state index in [4.69, 9.17) is 22.1 Å². The van der Waals surface area contributed by atoms with Crippen molar-refractivity contribution in [3.63, 3.8) is 0 Å². The van der Waals surface area contributed by atoms with Crippen LogP contribution in [-0.2, 0) is 6.54 Å². The molecule has 0 bridgehead atoms. The molecule has 0 spiro atoms. The lowest BCUT2D eigenvalue weighted by Gasteiger charge is -2.31. The van der Waals surface area contributed by atoms with Crippen molar-refractivity contribution in [2.75, 3.05) is 39.0 Å². The normalized spacial score (nSPS) is 20.0. The Kier molecular flexibility index (Phi) is 8.22. The fourth-order valence-corrected chi connectivity index (χ4v) is 5.76. The van der Waals surface area contributed by atoms with Crippen LogP contribution < -0.4 is 15.8 Å². The molecule has 45 heavy (non-hydrogen) atoms. The molecule has 6 heterocycles. The molecule has 4 aromatic heterocycles. The smallest absolute Gasteiger partial charge is 0.272 e. The largest absolute Gasteiger partial charge is 0.480 e. The van der Waals surface area contributed by atoms with Gasteiger partial charge in [0.25, 0.3) is 17.7 Å². The Bertz CT molecular complexity index is 1740. The van der Waals surface area contributed by atoms with Crippen molar-refractivity contribution in [2.45, 2.75) is 37.5 Å². The maximum Gasteiger partial charge on any atom is 0.272 e. The number of carbonyl (C=O) groups excluding carboxylic acids is 2. The number of nitrogens with zero attached hydrogens (tertiary/aromatic N) is 7. The van der Waals surface area contributed by atoms with Gasteiger partial charge in [0.2, 0.25) is 5.88 Å². The third kappa shape index (κ3) is 6.22. The Morgan fingerprint density at radius 2 is 1.91 bits per heavy atom. The van der Waals surface area contributed by atoms with E-state index in [0.717, 1.165) is 5.56 Å². The van der Waals surface area contributed by atoms with Gasteiger partial charge in [-0.3, -0.25) is 14.5 Å². The van der Waals surface area contributed by atoms with Gasteiger partial charge in [-0.25, -0.2) is 32.6 Å². The molecule has 0 aromatic carbocycles. The van der Waals surface area contributed by atoms with Crippen LogP contribution in [0.4, 0.5) is 19.0 Å². The summed E-state index contributed by atoms with van der Waals surface area (Å²) in [7, 11) is 1.35. The molecule has 2 aliphatic heterocycles. The zero-order valence-electron chi connectivity index (χ0n) is 24.1. The minimum atomic E-state index is -2.68. The predicted molar refractivity (Wildman–Crippen MR) is 158 cm³/mol. The Labute approximate surface area is 260 Å². The number of aromatic nitrogens is 5. The standard InChI is InChI=1S/C29H29ClF3N9O3/c1-45-27-19(26(43)39-22-14-41(13-20(22)31)28(44)21-3-2-18(30)11-35-21)8-16(10-36-27)23-9-17(24-25(34)37-15-38-42(23)24)12-40-6-4-29(32,33)5-7-40/h2-3,8-11,15,20,22H,4-7,12-14H2,1H3,(H,39,43)(H2,34,37,38)/t20-,22+/m0/s1. The second-order valence-electron chi connectivity index (χ2n) is 11.0. The van der Waals surface area contributed by atoms with Crippen LogP contribution in [0.15, 0.2) is 43.0 Å². The van der Waals surface area contributed by atoms with Crippen molar-refractivity contribution >= 4 is 34.7 Å². The molecule has 12 nitrogen and oxygen atoms in total. The summed E-state index contributed by atoms with van der Waals surface area (Å²) in [5.74, 6) is -3.61. The highest BCUT2D eigenvalue weighted by atomic mass is 35.5. The molecular weight excluding hydrogens is 615 g/mol. The number of fused-ring (bicyclic) bond motifs is 1. The fourth-order valence-electron chi connectivity index (χ4n) is 5.64. The molecule has 2 saturated heterocycles. The molecule has 6 rings (SSSR count). The van der Waals surface area contributed by atoms with Gasteiger partial charge in [0.15, 0.2) is 5.82 Å². The number of piperidine rings is 1. The molecule has 2 fully saturated rings. The van der Waals surface area contributed by atoms with Gasteiger partial charge in [0, 0.05) is 57.0 Å². The maximum absolute atomic E-state index is 15.1. The lowest BCUT2D eigenvalue weighted by Crippen LogP contribution is -2.42. The number of hydrogen-bond acceptors (Lipinski definition) is 9. The lowest BCUT2D eigenvalue weighted by molar-refractivity contribution is -0.0565. The molecule has 0 saturated carbocycles. The molecular formula is C29H29ClF3N9O3. The molecule has 4 aromatic rings. The summed E-state index contributed by atoms with van der Waals surface area (Å²) in [5, 5.41) is 7.38. The van der Waals surface area contributed by atoms with Crippen LogP contribution in [0.3, 0.4) is 0 Å². The number of hydrogen-bond donors (Lipinski definition) is 2. The van der Waals surface area contributed by atoms with Crippen LogP contribution in [0.2, 0.25) is 5.02 Å². The van der Waals surface area contributed by atoms with Crippen molar-refractivity contribution in [1.82, 2.24) is 39.7 Å². The van der Waals surface area contributed by atoms with Gasteiger partial charge in [-0.2, -0.15) is 5.10 Å². The Morgan fingerprint density at radius 1 is 1.13 bits per heavy atom. The number of rotatable bonds is 7. The number of halogens is 4. The van der Waals surface area contributed by atoms with Crippen LogP contribution in [-0.4, -0.2) is 97.6 Å². The van der Waals surface area contributed by atoms with Gasteiger partial charge in [-0.1, -0.05) is 11.6 Å². The van der Waals surface area contributed by atoms with Gasteiger partial charge in [0.1, 0.15) is 29.3 Å². The third-order valence-electron chi connectivity index (χ3n) is 8.03. The van der Waals surface area contributed by atoms with E-state index >= 15 is 4.39 Å². The number of anilines is 1. The van der Waals surface area contributed by atoms with Crippen molar-refractivity contribution in [3.8, 4) is 17.1 Å². The minimum absolute atomic E-state index is 0.00687. The SMILES string of the molecule is COc1ncc(-c2cc(CN3CCC(F)(F)CC3)c3c(N)ncnn23)cc1C(=O)N[C@@H]1CN(C(=O)c2ccc(Cl)cn2)C[C@@H]1F. The summed E-state index contributed by atoms with van der Waals surface area (Å²) < 4.78 is 49.4. The Balaban J connectivity index is 1.25. The Morgan fingerprint density at radius 3 is 2.62 bits per heavy atom. The molecule has 0 unspecified atom stereocenters. The van der Waals surface area contributed by atoms with E-state index in [-0.39, 0.29) is 62.0 Å². The number of amides is 2. The van der Waals surface area contributed by atoms with Gasteiger partial charge < -0.3 is 20.7 Å². The number of nitrogens with two attached hydrogens (primary N) is 1. The molecule has 16 heteroatoms. The van der Waals surface area contributed by atoms with Crippen LogP contribution in [0.5, 0.6) is 5.88 Å². The average Bonchev–Trinajstić information content (AvgIpc) is 3.58. The maximum atomic E-state index is 15.1. The van der Waals surface area contributed by atoms with Crippen molar-refractivity contribution in [2.24, 2.45) is 0 Å². The molecule has 2 aliphatic rings. The number of methoxy groups -OCH3 is 1. The Hall–Kier alpha value is -4.50. The highest BCUT2D eigenvalue weighted by Crippen LogP contribution is 2.33. The van der Waals surface area contributed by atoms with E-state index in [1.54, 1.807) is 10.6 Å². The van der Waals surface area contributed by atoms with Gasteiger partial charge in [-0.15, -0.1) is 0 Å². The summed E-state index contributed by atoms with van der Waals surface area (Å²) in [6, 6.07) is 5.32. The molecule has 2 atom stereocenters. The van der Waals surface area contributed by atoms with Crippen LogP contribution in [0.25, 0.3) is 16.8 Å². The average molecular weight is 644 g/mol. The first-order valence-electron chi connectivity index (χ1n) is 14.1. The minimum Gasteiger partial charge on any atom is -0.480 e.